The molecule has 0 aromatic rings. The molecule has 0 aromatic heterocycles. The molecule has 0 unspecified atom stereocenters. The number of ether oxygens (including phenoxy) is 1. The first-order valence-electron chi connectivity index (χ1n) is 3.96. The topological polar surface area (TPSA) is 38.7 Å². The molecule has 0 saturated carbocycles. The number of carbonyl (C=O) groups is 1. The Labute approximate surface area is 73.1 Å². The van der Waals surface area contributed by atoms with Crippen LogP contribution in [0, 0.1) is 0 Å². The molecule has 68 valence electrons. The van der Waals surface area contributed by atoms with Crippen molar-refractivity contribution in [1.82, 2.24) is 0 Å². The van der Waals surface area contributed by atoms with Crippen LogP contribution in [0.1, 0.15) is 27.7 Å². The van der Waals surface area contributed by atoms with Gasteiger partial charge in [-0.3, -0.25) is 4.99 Å². The summed E-state index contributed by atoms with van der Waals surface area (Å²) in [5.41, 5.74) is 1.27. The number of hydrogen-bond donors (Lipinski definition) is 0. The van der Waals surface area contributed by atoms with E-state index in [4.69, 9.17) is 4.74 Å². The Kier molecular flexibility index (Phi) is 5.00. The number of rotatable bonds is 3. The van der Waals surface area contributed by atoms with Gasteiger partial charge in [0.25, 0.3) is 0 Å². The number of nitrogens with zero attached hydrogens (tertiary/aromatic N) is 1. The van der Waals surface area contributed by atoms with E-state index in [-0.39, 0.29) is 5.97 Å². The Hall–Kier alpha value is -1.12. The Morgan fingerprint density at radius 2 is 2.08 bits per heavy atom. The highest BCUT2D eigenvalue weighted by atomic mass is 16.5. The molecule has 0 aliphatic rings. The Morgan fingerprint density at radius 1 is 1.50 bits per heavy atom. The lowest BCUT2D eigenvalue weighted by Gasteiger charge is -2.02. The molecule has 12 heavy (non-hydrogen) atoms. The maximum atomic E-state index is 11.1. The van der Waals surface area contributed by atoms with Gasteiger partial charge in [-0.1, -0.05) is 0 Å². The van der Waals surface area contributed by atoms with Crippen molar-refractivity contribution in [2.45, 2.75) is 27.7 Å². The van der Waals surface area contributed by atoms with Gasteiger partial charge in [0.2, 0.25) is 0 Å². The zero-order chi connectivity index (χ0) is 9.56. The van der Waals surface area contributed by atoms with Crippen molar-refractivity contribution in [2.75, 3.05) is 6.61 Å². The highest BCUT2D eigenvalue weighted by Gasteiger charge is 2.06. The van der Waals surface area contributed by atoms with Crippen molar-refractivity contribution >= 4 is 12.2 Å². The highest BCUT2D eigenvalue weighted by molar-refractivity contribution is 5.88. The zero-order valence-electron chi connectivity index (χ0n) is 8.05. The molecular formula is C9H15NO2. The molecule has 0 aliphatic carbocycles. The van der Waals surface area contributed by atoms with Gasteiger partial charge in [0, 0.05) is 11.9 Å². The van der Waals surface area contributed by atoms with E-state index in [1.54, 1.807) is 27.0 Å². The fourth-order valence-electron chi connectivity index (χ4n) is 0.678. The van der Waals surface area contributed by atoms with Gasteiger partial charge in [0.05, 0.1) is 12.2 Å². The first-order valence-corrected chi connectivity index (χ1v) is 3.96. The van der Waals surface area contributed by atoms with Crippen LogP contribution in [0.2, 0.25) is 0 Å². The van der Waals surface area contributed by atoms with Crippen molar-refractivity contribution in [1.29, 1.82) is 0 Å². The minimum atomic E-state index is -0.291. The minimum absolute atomic E-state index is 0.291. The largest absolute Gasteiger partial charge is 0.463 e. The molecule has 0 atom stereocenters. The molecule has 3 nitrogen and oxygen atoms in total. The van der Waals surface area contributed by atoms with Crippen LogP contribution in [-0.2, 0) is 9.53 Å². The van der Waals surface area contributed by atoms with E-state index in [0.717, 1.165) is 0 Å². The molecule has 0 spiro atoms. The third kappa shape index (κ3) is 3.32. The van der Waals surface area contributed by atoms with E-state index in [9.17, 15) is 4.79 Å². The fourth-order valence-corrected chi connectivity index (χ4v) is 0.678. The van der Waals surface area contributed by atoms with Gasteiger partial charge >= 0.3 is 5.97 Å². The third-order valence-corrected chi connectivity index (χ3v) is 1.45. The first-order chi connectivity index (χ1) is 5.63. The molecule has 0 amide bonds. The minimum Gasteiger partial charge on any atom is -0.463 e. The maximum absolute atomic E-state index is 11.1. The van der Waals surface area contributed by atoms with Gasteiger partial charge in [-0.25, -0.2) is 4.79 Å². The summed E-state index contributed by atoms with van der Waals surface area (Å²) in [7, 11) is 0. The SMILES string of the molecule is CC=N/C(C)=C(\C)C(=O)OCC. The highest BCUT2D eigenvalue weighted by Crippen LogP contribution is 2.05. The molecule has 0 aromatic carbocycles. The fraction of sp³-hybridized carbons (Fsp3) is 0.556. The van der Waals surface area contributed by atoms with Gasteiger partial charge in [0.15, 0.2) is 0 Å². The van der Waals surface area contributed by atoms with E-state index in [2.05, 4.69) is 4.99 Å². The van der Waals surface area contributed by atoms with Crippen LogP contribution in [0.5, 0.6) is 0 Å². The van der Waals surface area contributed by atoms with Crippen molar-refractivity contribution in [3.63, 3.8) is 0 Å². The zero-order valence-corrected chi connectivity index (χ0v) is 8.05. The summed E-state index contributed by atoms with van der Waals surface area (Å²) in [6.45, 7) is 7.48. The summed E-state index contributed by atoms with van der Waals surface area (Å²) < 4.78 is 4.80. The number of carbonyl (C=O) groups excluding carboxylic acids is 1. The monoisotopic (exact) mass is 169 g/mol. The number of esters is 1. The van der Waals surface area contributed by atoms with Crippen LogP contribution in [-0.4, -0.2) is 18.8 Å². The average molecular weight is 169 g/mol. The van der Waals surface area contributed by atoms with Crippen molar-refractivity contribution < 1.29 is 9.53 Å². The van der Waals surface area contributed by atoms with Crippen LogP contribution in [0.25, 0.3) is 0 Å². The summed E-state index contributed by atoms with van der Waals surface area (Å²) in [5, 5.41) is 0. The molecule has 0 radical (unpaired) electrons. The average Bonchev–Trinajstić information content (AvgIpc) is 2.04. The summed E-state index contributed by atoms with van der Waals surface area (Å²) in [4.78, 5) is 15.1. The number of aliphatic imine (C=N–C) groups is 1. The summed E-state index contributed by atoms with van der Waals surface area (Å²) in [5.74, 6) is -0.291. The van der Waals surface area contributed by atoms with E-state index in [1.807, 2.05) is 6.92 Å². The van der Waals surface area contributed by atoms with Crippen LogP contribution in [0.4, 0.5) is 0 Å². The van der Waals surface area contributed by atoms with E-state index >= 15 is 0 Å². The Bertz CT molecular complexity index is 217. The standard InChI is InChI=1S/C9H15NO2/c1-5-10-8(4)7(3)9(11)12-6-2/h5H,6H2,1-4H3/b8-7+,10-5?. The molecular weight excluding hydrogens is 154 g/mol. The van der Waals surface area contributed by atoms with Crippen molar-refractivity contribution in [2.24, 2.45) is 4.99 Å². The Balaban J connectivity index is 4.43. The van der Waals surface area contributed by atoms with Gasteiger partial charge in [0.1, 0.15) is 0 Å². The predicted molar refractivity (Wildman–Crippen MR) is 49.2 cm³/mol. The molecule has 0 saturated heterocycles. The smallest absolute Gasteiger partial charge is 0.335 e. The molecule has 0 fully saturated rings. The van der Waals surface area contributed by atoms with Gasteiger partial charge in [-0.05, 0) is 27.7 Å². The molecule has 0 rings (SSSR count). The van der Waals surface area contributed by atoms with Crippen molar-refractivity contribution in [3.05, 3.63) is 11.3 Å². The second-order valence-electron chi connectivity index (χ2n) is 2.32. The Morgan fingerprint density at radius 3 is 2.50 bits per heavy atom. The number of hydrogen-bond acceptors (Lipinski definition) is 3. The third-order valence-electron chi connectivity index (χ3n) is 1.45. The molecule has 3 heteroatoms. The second-order valence-corrected chi connectivity index (χ2v) is 2.32. The van der Waals surface area contributed by atoms with E-state index in [1.165, 1.54) is 0 Å². The number of allylic oxidation sites excluding steroid dienone is 1. The summed E-state index contributed by atoms with van der Waals surface area (Å²) >= 11 is 0. The van der Waals surface area contributed by atoms with Crippen LogP contribution >= 0.6 is 0 Å². The van der Waals surface area contributed by atoms with E-state index < -0.39 is 0 Å². The quantitative estimate of drug-likeness (QED) is 0.368. The lowest BCUT2D eigenvalue weighted by atomic mass is 10.2. The van der Waals surface area contributed by atoms with Gasteiger partial charge < -0.3 is 4.74 Å². The van der Waals surface area contributed by atoms with Crippen LogP contribution in [0.3, 0.4) is 0 Å². The summed E-state index contributed by atoms with van der Waals surface area (Å²) in [6.07, 6.45) is 1.65. The maximum Gasteiger partial charge on any atom is 0.335 e. The second kappa shape index (κ2) is 5.52. The molecule has 0 bridgehead atoms. The van der Waals surface area contributed by atoms with Gasteiger partial charge in [-0.15, -0.1) is 0 Å². The normalized spacial score (nSPS) is 13.0. The predicted octanol–water partition coefficient (Wildman–Crippen LogP) is 1.93. The molecule has 0 aliphatic heterocycles. The summed E-state index contributed by atoms with van der Waals surface area (Å²) in [6, 6.07) is 0. The van der Waals surface area contributed by atoms with Crippen LogP contribution in [0.15, 0.2) is 16.3 Å². The first kappa shape index (κ1) is 10.9. The molecule has 0 heterocycles. The van der Waals surface area contributed by atoms with Gasteiger partial charge in [-0.2, -0.15) is 0 Å². The van der Waals surface area contributed by atoms with Crippen molar-refractivity contribution in [3.8, 4) is 0 Å². The van der Waals surface area contributed by atoms with E-state index in [0.29, 0.717) is 17.9 Å². The molecule has 0 N–H and O–H groups in total. The van der Waals surface area contributed by atoms with Crippen LogP contribution < -0.4 is 0 Å². The lowest BCUT2D eigenvalue weighted by Crippen LogP contribution is -2.06. The lowest BCUT2D eigenvalue weighted by molar-refractivity contribution is -0.138.